The van der Waals surface area contributed by atoms with Crippen molar-refractivity contribution in [1.82, 2.24) is 15.1 Å². The Hall–Kier alpha value is -2.57. The van der Waals surface area contributed by atoms with Gasteiger partial charge in [0, 0.05) is 37.7 Å². The van der Waals surface area contributed by atoms with Crippen molar-refractivity contribution in [1.29, 1.82) is 0 Å². The fraction of sp³-hybridized carbons (Fsp3) is 0.609. The second-order valence-corrected chi connectivity index (χ2v) is 8.10. The van der Waals surface area contributed by atoms with Crippen LogP contribution in [0.4, 0.5) is 0 Å². The van der Waals surface area contributed by atoms with Gasteiger partial charge in [-0.1, -0.05) is 25.1 Å². The Morgan fingerprint density at radius 1 is 1.03 bits per heavy atom. The Morgan fingerprint density at radius 3 is 2.47 bits per heavy atom. The molecule has 2 heterocycles. The van der Waals surface area contributed by atoms with E-state index < -0.39 is 0 Å². The molecule has 2 aliphatic rings. The normalized spacial score (nSPS) is 20.0. The predicted molar refractivity (Wildman–Crippen MR) is 114 cm³/mol. The van der Waals surface area contributed by atoms with Crippen molar-refractivity contribution in [2.24, 2.45) is 0 Å². The number of ether oxygens (including phenoxy) is 1. The maximum atomic E-state index is 12.8. The summed E-state index contributed by atoms with van der Waals surface area (Å²) in [6, 6.07) is 7.27. The van der Waals surface area contributed by atoms with E-state index in [1.54, 1.807) is 12.0 Å². The molecule has 0 radical (unpaired) electrons. The summed E-state index contributed by atoms with van der Waals surface area (Å²) in [5, 5.41) is 3.13. The first-order valence-electron chi connectivity index (χ1n) is 11.0. The SMILES string of the molecule is CCC(=O)N1CCCCC1C(=O)NC1CCN(C(=O)Cc2ccccc2OC)CC1. The summed E-state index contributed by atoms with van der Waals surface area (Å²) in [6.45, 7) is 3.76. The molecule has 30 heavy (non-hydrogen) atoms. The van der Waals surface area contributed by atoms with Gasteiger partial charge in [0.2, 0.25) is 17.7 Å². The van der Waals surface area contributed by atoms with Crippen molar-refractivity contribution in [3.63, 3.8) is 0 Å². The van der Waals surface area contributed by atoms with Gasteiger partial charge in [-0.15, -0.1) is 0 Å². The number of hydrogen-bond donors (Lipinski definition) is 1. The first-order chi connectivity index (χ1) is 14.5. The fourth-order valence-electron chi connectivity index (χ4n) is 4.40. The lowest BCUT2D eigenvalue weighted by atomic mass is 9.99. The summed E-state index contributed by atoms with van der Waals surface area (Å²) in [5.41, 5.74) is 0.887. The molecule has 2 aliphatic heterocycles. The Morgan fingerprint density at radius 2 is 1.77 bits per heavy atom. The van der Waals surface area contributed by atoms with Crippen LogP contribution in [0.1, 0.15) is 51.0 Å². The Kier molecular flexibility index (Phi) is 7.71. The van der Waals surface area contributed by atoms with E-state index in [2.05, 4.69) is 5.32 Å². The van der Waals surface area contributed by atoms with Gasteiger partial charge in [0.05, 0.1) is 13.5 Å². The van der Waals surface area contributed by atoms with E-state index in [4.69, 9.17) is 4.74 Å². The third-order valence-corrected chi connectivity index (χ3v) is 6.16. The topological polar surface area (TPSA) is 79.0 Å². The van der Waals surface area contributed by atoms with Crippen LogP contribution < -0.4 is 10.1 Å². The number of carbonyl (C=O) groups excluding carboxylic acids is 3. The van der Waals surface area contributed by atoms with E-state index in [-0.39, 0.29) is 29.8 Å². The lowest BCUT2D eigenvalue weighted by Crippen LogP contribution is -2.55. The highest BCUT2D eigenvalue weighted by molar-refractivity contribution is 5.88. The number of methoxy groups -OCH3 is 1. The standard InChI is InChI=1S/C23H33N3O4/c1-3-21(27)26-13-7-6-9-19(26)23(29)24-18-11-14-25(15-12-18)22(28)16-17-8-4-5-10-20(17)30-2/h4-5,8,10,18-19H,3,6-7,9,11-16H2,1-2H3,(H,24,29). The van der Waals surface area contributed by atoms with Crippen LogP contribution >= 0.6 is 0 Å². The molecular formula is C23H33N3O4. The zero-order valence-electron chi connectivity index (χ0n) is 18.1. The summed E-state index contributed by atoms with van der Waals surface area (Å²) in [5.74, 6) is 0.810. The first kappa shape index (κ1) is 22.1. The van der Waals surface area contributed by atoms with Crippen LogP contribution in [-0.2, 0) is 20.8 Å². The van der Waals surface area contributed by atoms with Crippen LogP contribution in [0.2, 0.25) is 0 Å². The number of benzene rings is 1. The van der Waals surface area contributed by atoms with Crippen LogP contribution in [0.15, 0.2) is 24.3 Å². The average molecular weight is 416 g/mol. The van der Waals surface area contributed by atoms with E-state index in [1.807, 2.05) is 36.1 Å². The largest absolute Gasteiger partial charge is 0.496 e. The van der Waals surface area contributed by atoms with Crippen molar-refractivity contribution >= 4 is 17.7 Å². The van der Waals surface area contributed by atoms with Crippen LogP contribution in [0.3, 0.4) is 0 Å². The molecule has 1 atom stereocenters. The van der Waals surface area contributed by atoms with E-state index in [0.717, 1.165) is 43.4 Å². The van der Waals surface area contributed by atoms with Crippen molar-refractivity contribution < 1.29 is 19.1 Å². The van der Waals surface area contributed by atoms with Gasteiger partial charge in [0.25, 0.3) is 0 Å². The van der Waals surface area contributed by atoms with E-state index in [1.165, 1.54) is 0 Å². The number of nitrogens with zero attached hydrogens (tertiary/aromatic N) is 2. The molecule has 3 rings (SSSR count). The number of likely N-dealkylation sites (tertiary alicyclic amines) is 2. The molecule has 0 saturated carbocycles. The minimum Gasteiger partial charge on any atom is -0.496 e. The molecule has 0 aliphatic carbocycles. The Balaban J connectivity index is 1.49. The summed E-state index contributed by atoms with van der Waals surface area (Å²) in [4.78, 5) is 41.3. The van der Waals surface area contributed by atoms with Gasteiger partial charge in [-0.05, 0) is 38.2 Å². The maximum absolute atomic E-state index is 12.8. The molecule has 1 aromatic rings. The number of para-hydroxylation sites is 1. The molecule has 1 N–H and O–H groups in total. The van der Waals surface area contributed by atoms with Gasteiger partial charge in [-0.2, -0.15) is 0 Å². The average Bonchev–Trinajstić information content (AvgIpc) is 2.79. The number of rotatable bonds is 6. The number of amides is 3. The highest BCUT2D eigenvalue weighted by Gasteiger charge is 2.33. The van der Waals surface area contributed by atoms with Gasteiger partial charge in [-0.3, -0.25) is 14.4 Å². The van der Waals surface area contributed by atoms with Crippen molar-refractivity contribution in [2.45, 2.75) is 64.0 Å². The minimum atomic E-state index is -0.351. The predicted octanol–water partition coefficient (Wildman–Crippen LogP) is 2.14. The number of piperidine rings is 2. The summed E-state index contributed by atoms with van der Waals surface area (Å²) < 4.78 is 5.34. The molecule has 7 heteroatoms. The zero-order chi connectivity index (χ0) is 21.5. The molecule has 1 aromatic carbocycles. The van der Waals surface area contributed by atoms with Gasteiger partial charge in [-0.25, -0.2) is 0 Å². The van der Waals surface area contributed by atoms with Crippen molar-refractivity contribution in [3.05, 3.63) is 29.8 Å². The van der Waals surface area contributed by atoms with Crippen LogP contribution in [-0.4, -0.2) is 66.3 Å². The molecule has 2 fully saturated rings. The number of nitrogens with one attached hydrogen (secondary N) is 1. The quantitative estimate of drug-likeness (QED) is 0.772. The van der Waals surface area contributed by atoms with Crippen LogP contribution in [0.5, 0.6) is 5.75 Å². The fourth-order valence-corrected chi connectivity index (χ4v) is 4.40. The molecule has 0 aromatic heterocycles. The lowest BCUT2D eigenvalue weighted by molar-refractivity contribution is -0.142. The molecule has 7 nitrogen and oxygen atoms in total. The van der Waals surface area contributed by atoms with Gasteiger partial charge in [0.1, 0.15) is 11.8 Å². The third kappa shape index (κ3) is 5.32. The molecule has 2 saturated heterocycles. The van der Waals surface area contributed by atoms with Crippen LogP contribution in [0, 0.1) is 0 Å². The van der Waals surface area contributed by atoms with Gasteiger partial charge < -0.3 is 19.9 Å². The molecule has 164 valence electrons. The molecule has 0 bridgehead atoms. The monoisotopic (exact) mass is 415 g/mol. The third-order valence-electron chi connectivity index (χ3n) is 6.16. The van der Waals surface area contributed by atoms with E-state index in [0.29, 0.717) is 32.5 Å². The van der Waals surface area contributed by atoms with Crippen molar-refractivity contribution in [3.8, 4) is 5.75 Å². The second kappa shape index (κ2) is 10.5. The first-order valence-corrected chi connectivity index (χ1v) is 11.0. The summed E-state index contributed by atoms with van der Waals surface area (Å²) in [6.07, 6.45) is 4.88. The summed E-state index contributed by atoms with van der Waals surface area (Å²) >= 11 is 0. The molecule has 3 amide bonds. The van der Waals surface area contributed by atoms with Crippen molar-refractivity contribution in [2.75, 3.05) is 26.7 Å². The van der Waals surface area contributed by atoms with Gasteiger partial charge in [0.15, 0.2) is 0 Å². The maximum Gasteiger partial charge on any atom is 0.243 e. The highest BCUT2D eigenvalue weighted by Crippen LogP contribution is 2.21. The smallest absolute Gasteiger partial charge is 0.243 e. The zero-order valence-corrected chi connectivity index (χ0v) is 18.1. The Bertz CT molecular complexity index is 759. The van der Waals surface area contributed by atoms with E-state index in [9.17, 15) is 14.4 Å². The minimum absolute atomic E-state index is 0.0460. The molecular weight excluding hydrogens is 382 g/mol. The molecule has 0 spiro atoms. The van der Waals surface area contributed by atoms with E-state index >= 15 is 0 Å². The lowest BCUT2D eigenvalue weighted by Gasteiger charge is -2.37. The second-order valence-electron chi connectivity index (χ2n) is 8.10. The van der Waals surface area contributed by atoms with Crippen LogP contribution in [0.25, 0.3) is 0 Å². The number of hydrogen-bond acceptors (Lipinski definition) is 4. The molecule has 1 unspecified atom stereocenters. The highest BCUT2D eigenvalue weighted by atomic mass is 16.5. The summed E-state index contributed by atoms with van der Waals surface area (Å²) in [7, 11) is 1.61. The Labute approximate surface area is 178 Å². The van der Waals surface area contributed by atoms with Gasteiger partial charge >= 0.3 is 0 Å². The number of carbonyl (C=O) groups is 3.